The van der Waals surface area contributed by atoms with E-state index in [0.717, 1.165) is 0 Å². The van der Waals surface area contributed by atoms with E-state index >= 15 is 0 Å². The molecule has 0 saturated heterocycles. The van der Waals surface area contributed by atoms with Crippen LogP contribution in [0.2, 0.25) is 0 Å². The molecule has 0 amide bonds. The summed E-state index contributed by atoms with van der Waals surface area (Å²) in [5.41, 5.74) is 0. The molecule has 0 aliphatic carbocycles. The molecule has 0 N–H and O–H groups in total. The van der Waals surface area contributed by atoms with Gasteiger partial charge in [-0.05, 0) is 0 Å². The molecule has 0 bridgehead atoms. The Labute approximate surface area is 126 Å². The first kappa shape index (κ1) is 12.4. The summed E-state index contributed by atoms with van der Waals surface area (Å²) in [4.78, 5) is 0. The average Bonchev–Trinajstić information content (AvgIpc) is 2.53. The molecule has 0 unspecified atom stereocenters. The zero-order chi connectivity index (χ0) is 13.4. The normalized spacial score (nSPS) is 13.6. The first-order chi connectivity index (χ1) is 9.93. The molecule has 0 fully saturated rings. The van der Waals surface area contributed by atoms with E-state index in [1.165, 1.54) is 5.30 Å². The Kier molecular flexibility index (Phi) is 3.20. The van der Waals surface area contributed by atoms with Gasteiger partial charge in [-0.15, -0.1) is 0 Å². The second kappa shape index (κ2) is 5.18. The number of hydrogen-bond acceptors (Lipinski definition) is 0. The molecule has 1 aliphatic heterocycles. The molecule has 1 heterocycles. The fraction of sp³-hybridized carbons (Fsp3) is 0. The molecule has 3 aromatic carbocycles. The van der Waals surface area contributed by atoms with Gasteiger partial charge in [0.1, 0.15) is 0 Å². The van der Waals surface area contributed by atoms with Crippen LogP contribution in [-0.2, 0) is 0 Å². The standard InChI is InChI=1S/C18H13PSe/c1-2-8-14(9-3-1)19-15-10-4-6-12-17(15)20-18-13-7-5-11-16(18)19/h1-13H. The van der Waals surface area contributed by atoms with E-state index in [-0.39, 0.29) is 7.92 Å². The summed E-state index contributed by atoms with van der Waals surface area (Å²) in [7, 11) is -0.383. The Balaban J connectivity index is 1.98. The van der Waals surface area contributed by atoms with Crippen LogP contribution in [0.3, 0.4) is 0 Å². The first-order valence-corrected chi connectivity index (χ1v) is 9.70. The monoisotopic (exact) mass is 340 g/mol. The Morgan fingerprint density at radius 2 is 1.05 bits per heavy atom. The number of rotatable bonds is 1. The van der Waals surface area contributed by atoms with E-state index in [2.05, 4.69) is 78.9 Å². The summed E-state index contributed by atoms with van der Waals surface area (Å²) in [6.07, 6.45) is 0. The molecule has 20 heavy (non-hydrogen) atoms. The molecule has 4 rings (SSSR count). The van der Waals surface area contributed by atoms with E-state index in [1.807, 2.05) is 0 Å². The van der Waals surface area contributed by atoms with Crippen molar-refractivity contribution in [2.45, 2.75) is 0 Å². The van der Waals surface area contributed by atoms with E-state index in [0.29, 0.717) is 15.0 Å². The van der Waals surface area contributed by atoms with Crippen molar-refractivity contribution < 1.29 is 0 Å². The van der Waals surface area contributed by atoms with Crippen molar-refractivity contribution in [3.8, 4) is 0 Å². The number of hydrogen-bond donors (Lipinski definition) is 0. The number of benzene rings is 3. The van der Waals surface area contributed by atoms with Crippen LogP contribution < -0.4 is 24.8 Å². The summed E-state index contributed by atoms with van der Waals surface area (Å²) in [5.74, 6) is 0. The minimum absolute atomic E-state index is 0.383. The van der Waals surface area contributed by atoms with Crippen LogP contribution in [0.5, 0.6) is 0 Å². The Bertz CT molecular complexity index is 707. The fourth-order valence-corrected chi connectivity index (χ4v) is 8.37. The van der Waals surface area contributed by atoms with Gasteiger partial charge in [0.25, 0.3) is 0 Å². The Morgan fingerprint density at radius 1 is 0.550 bits per heavy atom. The first-order valence-electron chi connectivity index (χ1n) is 6.64. The third-order valence-electron chi connectivity index (χ3n) is 3.45. The molecule has 2 heteroatoms. The summed E-state index contributed by atoms with van der Waals surface area (Å²) >= 11 is 0.445. The predicted octanol–water partition coefficient (Wildman–Crippen LogP) is 1.41. The topological polar surface area (TPSA) is 0 Å². The molecule has 0 spiro atoms. The SMILES string of the molecule is c1ccc(P2c3ccccc3[Se]c3ccccc32)cc1. The van der Waals surface area contributed by atoms with Crippen LogP contribution in [0.25, 0.3) is 0 Å². The summed E-state index contributed by atoms with van der Waals surface area (Å²) in [5, 5.41) is 4.55. The Hall–Kier alpha value is -1.39. The van der Waals surface area contributed by atoms with Gasteiger partial charge < -0.3 is 0 Å². The van der Waals surface area contributed by atoms with Gasteiger partial charge in [0.15, 0.2) is 0 Å². The molecule has 3 aromatic rings. The molecule has 1 aliphatic rings. The summed E-state index contributed by atoms with van der Waals surface area (Å²) < 4.78 is 3.10. The molecular formula is C18H13PSe. The molecule has 0 aromatic heterocycles. The molecule has 0 atom stereocenters. The van der Waals surface area contributed by atoms with E-state index in [4.69, 9.17) is 0 Å². The third-order valence-corrected chi connectivity index (χ3v) is 9.10. The van der Waals surface area contributed by atoms with Crippen molar-refractivity contribution in [1.29, 1.82) is 0 Å². The van der Waals surface area contributed by atoms with E-state index in [1.54, 1.807) is 19.5 Å². The fourth-order valence-electron chi connectivity index (χ4n) is 2.56. The second-order valence-electron chi connectivity index (χ2n) is 4.71. The van der Waals surface area contributed by atoms with Crippen molar-refractivity contribution in [2.75, 3.05) is 0 Å². The second-order valence-corrected chi connectivity index (χ2v) is 9.13. The van der Waals surface area contributed by atoms with Crippen molar-refractivity contribution in [3.05, 3.63) is 78.9 Å². The molecular weight excluding hydrogens is 326 g/mol. The van der Waals surface area contributed by atoms with Crippen LogP contribution in [0.15, 0.2) is 78.9 Å². The van der Waals surface area contributed by atoms with Crippen LogP contribution in [0.4, 0.5) is 0 Å². The number of fused-ring (bicyclic) bond motifs is 2. The van der Waals surface area contributed by atoms with E-state index in [9.17, 15) is 0 Å². The van der Waals surface area contributed by atoms with Crippen molar-refractivity contribution >= 4 is 47.7 Å². The maximum absolute atomic E-state index is 2.33. The van der Waals surface area contributed by atoms with Gasteiger partial charge in [-0.25, -0.2) is 0 Å². The maximum atomic E-state index is 2.33. The average molecular weight is 339 g/mol. The predicted molar refractivity (Wildman–Crippen MR) is 90.2 cm³/mol. The van der Waals surface area contributed by atoms with Gasteiger partial charge >= 0.3 is 127 Å². The van der Waals surface area contributed by atoms with Crippen LogP contribution in [0.1, 0.15) is 0 Å². The minimum atomic E-state index is -0.383. The zero-order valence-corrected chi connectivity index (χ0v) is 13.5. The van der Waals surface area contributed by atoms with Crippen molar-refractivity contribution in [3.63, 3.8) is 0 Å². The van der Waals surface area contributed by atoms with Gasteiger partial charge in [0, 0.05) is 0 Å². The molecule has 96 valence electrons. The molecule has 0 saturated carbocycles. The van der Waals surface area contributed by atoms with Crippen molar-refractivity contribution in [2.24, 2.45) is 0 Å². The van der Waals surface area contributed by atoms with Gasteiger partial charge in [0.05, 0.1) is 0 Å². The van der Waals surface area contributed by atoms with Crippen LogP contribution >= 0.6 is 7.92 Å². The van der Waals surface area contributed by atoms with Crippen LogP contribution in [0, 0.1) is 0 Å². The van der Waals surface area contributed by atoms with Crippen molar-refractivity contribution in [1.82, 2.24) is 0 Å². The van der Waals surface area contributed by atoms with Gasteiger partial charge in [-0.3, -0.25) is 0 Å². The van der Waals surface area contributed by atoms with Gasteiger partial charge in [0.2, 0.25) is 0 Å². The summed E-state index contributed by atoms with van der Waals surface area (Å²) in [6.45, 7) is 0. The van der Waals surface area contributed by atoms with Gasteiger partial charge in [-0.2, -0.15) is 0 Å². The quantitative estimate of drug-likeness (QED) is 0.363. The molecule has 0 radical (unpaired) electrons. The van der Waals surface area contributed by atoms with Gasteiger partial charge in [-0.1, -0.05) is 0 Å². The van der Waals surface area contributed by atoms with E-state index < -0.39 is 0 Å². The Morgan fingerprint density at radius 3 is 1.65 bits per heavy atom. The van der Waals surface area contributed by atoms with Crippen LogP contribution in [-0.4, -0.2) is 15.0 Å². The summed E-state index contributed by atoms with van der Waals surface area (Å²) in [6, 6.07) is 28.9. The third kappa shape index (κ3) is 2.03. The molecule has 0 nitrogen and oxygen atoms in total. The zero-order valence-electron chi connectivity index (χ0n) is 10.9.